The molecule has 1 aliphatic heterocycles. The molecule has 1 aliphatic rings. The van der Waals surface area contributed by atoms with Gasteiger partial charge in [-0.3, -0.25) is 4.79 Å². The average molecular weight is 259 g/mol. The smallest absolute Gasteiger partial charge is 0.270 e. The van der Waals surface area contributed by atoms with E-state index in [-0.39, 0.29) is 17.7 Å². The number of hydrogen-bond acceptors (Lipinski definition) is 3. The number of carbonyl (C=O) groups is 1. The summed E-state index contributed by atoms with van der Waals surface area (Å²) in [7, 11) is 3.88. The predicted octanol–water partition coefficient (Wildman–Crippen LogP) is 1.26. The standard InChI is InChI=1S/C14H17N3O2/c1-16-7-10(8-16)17(2)14(19)13-5-9-3-4-11(18)6-12(9)15-13/h3-6,10,15,18H,7-8H2,1-2H3. The van der Waals surface area contributed by atoms with Crippen molar-refractivity contribution >= 4 is 16.8 Å². The Balaban J connectivity index is 1.85. The van der Waals surface area contributed by atoms with Crippen LogP contribution in [0.5, 0.6) is 5.75 Å². The molecule has 2 aromatic rings. The lowest BCUT2D eigenvalue weighted by atomic mass is 10.1. The molecule has 0 saturated carbocycles. The Morgan fingerprint density at radius 3 is 2.84 bits per heavy atom. The van der Waals surface area contributed by atoms with E-state index in [1.807, 2.05) is 20.2 Å². The van der Waals surface area contributed by atoms with E-state index in [0.717, 1.165) is 24.0 Å². The van der Waals surface area contributed by atoms with Gasteiger partial charge in [0.15, 0.2) is 0 Å². The summed E-state index contributed by atoms with van der Waals surface area (Å²) in [4.78, 5) is 19.4. The van der Waals surface area contributed by atoms with Gasteiger partial charge in [0.1, 0.15) is 11.4 Å². The number of aromatic hydroxyl groups is 1. The number of H-pyrrole nitrogens is 1. The van der Waals surface area contributed by atoms with Gasteiger partial charge in [0.05, 0.1) is 6.04 Å². The van der Waals surface area contributed by atoms with Gasteiger partial charge in [-0.1, -0.05) is 0 Å². The zero-order chi connectivity index (χ0) is 13.6. The van der Waals surface area contributed by atoms with Crippen molar-refractivity contribution < 1.29 is 9.90 Å². The second-order valence-electron chi connectivity index (χ2n) is 5.25. The molecular weight excluding hydrogens is 242 g/mol. The molecule has 1 amide bonds. The Morgan fingerprint density at radius 1 is 1.42 bits per heavy atom. The van der Waals surface area contributed by atoms with Gasteiger partial charge in [-0.05, 0) is 25.2 Å². The molecule has 0 bridgehead atoms. The van der Waals surface area contributed by atoms with Crippen LogP contribution < -0.4 is 0 Å². The molecule has 0 aliphatic carbocycles. The van der Waals surface area contributed by atoms with Gasteiger partial charge in [-0.15, -0.1) is 0 Å². The number of nitrogens with one attached hydrogen (secondary N) is 1. The Bertz CT molecular complexity index is 629. The third-order valence-electron chi connectivity index (χ3n) is 3.75. The number of likely N-dealkylation sites (tertiary alicyclic amines) is 1. The zero-order valence-corrected chi connectivity index (χ0v) is 11.1. The van der Waals surface area contributed by atoms with Gasteiger partial charge < -0.3 is 19.9 Å². The van der Waals surface area contributed by atoms with Gasteiger partial charge >= 0.3 is 0 Å². The number of rotatable bonds is 2. The number of fused-ring (bicyclic) bond motifs is 1. The number of nitrogens with zero attached hydrogens (tertiary/aromatic N) is 2. The van der Waals surface area contributed by atoms with Crippen molar-refractivity contribution in [2.75, 3.05) is 27.2 Å². The summed E-state index contributed by atoms with van der Waals surface area (Å²) < 4.78 is 0. The molecule has 0 spiro atoms. The first kappa shape index (κ1) is 12.0. The largest absolute Gasteiger partial charge is 0.508 e. The fourth-order valence-electron chi connectivity index (χ4n) is 2.50. The SMILES string of the molecule is CN1CC(N(C)C(=O)c2cc3ccc(O)cc3[nH]2)C1. The lowest BCUT2D eigenvalue weighted by Crippen LogP contribution is -2.58. The maximum Gasteiger partial charge on any atom is 0.270 e. The lowest BCUT2D eigenvalue weighted by molar-refractivity contribution is 0.0456. The number of amides is 1. The predicted molar refractivity (Wildman–Crippen MR) is 73.3 cm³/mol. The van der Waals surface area contributed by atoms with E-state index < -0.39 is 0 Å². The summed E-state index contributed by atoms with van der Waals surface area (Å²) in [5.41, 5.74) is 1.35. The van der Waals surface area contributed by atoms with E-state index in [9.17, 15) is 9.90 Å². The van der Waals surface area contributed by atoms with Gasteiger partial charge in [0, 0.05) is 37.1 Å². The highest BCUT2D eigenvalue weighted by Crippen LogP contribution is 2.22. The van der Waals surface area contributed by atoms with Crippen LogP contribution in [0.1, 0.15) is 10.5 Å². The molecule has 100 valence electrons. The molecule has 19 heavy (non-hydrogen) atoms. The number of benzene rings is 1. The lowest BCUT2D eigenvalue weighted by Gasteiger charge is -2.41. The second kappa shape index (κ2) is 4.28. The average Bonchev–Trinajstić information content (AvgIpc) is 2.76. The Labute approximate surface area is 111 Å². The highest BCUT2D eigenvalue weighted by atomic mass is 16.3. The number of phenolic OH excluding ortho intramolecular Hbond substituents is 1. The van der Waals surface area contributed by atoms with Crippen LogP contribution in [0.15, 0.2) is 24.3 Å². The maximum absolute atomic E-state index is 12.4. The van der Waals surface area contributed by atoms with Gasteiger partial charge in [-0.25, -0.2) is 0 Å². The minimum Gasteiger partial charge on any atom is -0.508 e. The van der Waals surface area contributed by atoms with E-state index in [2.05, 4.69) is 9.88 Å². The molecule has 0 radical (unpaired) electrons. The summed E-state index contributed by atoms with van der Waals surface area (Å²) in [6.45, 7) is 1.84. The summed E-state index contributed by atoms with van der Waals surface area (Å²) in [6.07, 6.45) is 0. The number of likely N-dealkylation sites (N-methyl/N-ethyl adjacent to an activating group) is 2. The number of hydrogen-bond donors (Lipinski definition) is 2. The van der Waals surface area contributed by atoms with E-state index in [4.69, 9.17) is 0 Å². The molecule has 2 N–H and O–H groups in total. The topological polar surface area (TPSA) is 59.6 Å². The Hall–Kier alpha value is -2.01. The van der Waals surface area contributed by atoms with Crippen molar-refractivity contribution in [3.8, 4) is 5.75 Å². The first-order valence-corrected chi connectivity index (χ1v) is 6.32. The summed E-state index contributed by atoms with van der Waals surface area (Å²) in [6, 6.07) is 7.17. The Morgan fingerprint density at radius 2 is 2.16 bits per heavy atom. The molecule has 5 heteroatoms. The van der Waals surface area contributed by atoms with E-state index in [1.165, 1.54) is 0 Å². The molecule has 1 aromatic carbocycles. The second-order valence-corrected chi connectivity index (χ2v) is 5.25. The first-order valence-electron chi connectivity index (χ1n) is 6.32. The molecule has 1 fully saturated rings. The summed E-state index contributed by atoms with van der Waals surface area (Å²) in [5.74, 6) is 0.191. The first-order chi connectivity index (χ1) is 9.04. The summed E-state index contributed by atoms with van der Waals surface area (Å²) >= 11 is 0. The van der Waals surface area contributed by atoms with Crippen LogP contribution in [0.2, 0.25) is 0 Å². The Kier molecular flexibility index (Phi) is 2.71. The van der Waals surface area contributed by atoms with Gasteiger partial charge in [0.25, 0.3) is 5.91 Å². The van der Waals surface area contributed by atoms with E-state index in [1.54, 1.807) is 23.1 Å². The third kappa shape index (κ3) is 2.06. The molecule has 1 saturated heterocycles. The molecule has 3 rings (SSSR count). The van der Waals surface area contributed by atoms with Crippen molar-refractivity contribution in [1.82, 2.24) is 14.8 Å². The highest BCUT2D eigenvalue weighted by Gasteiger charge is 2.30. The number of carbonyl (C=O) groups excluding carboxylic acids is 1. The van der Waals surface area contributed by atoms with Crippen LogP contribution in [0.25, 0.3) is 10.9 Å². The van der Waals surface area contributed by atoms with Crippen molar-refractivity contribution in [2.24, 2.45) is 0 Å². The van der Waals surface area contributed by atoms with Crippen LogP contribution >= 0.6 is 0 Å². The maximum atomic E-state index is 12.4. The van der Waals surface area contributed by atoms with E-state index in [0.29, 0.717) is 5.69 Å². The molecule has 0 atom stereocenters. The van der Waals surface area contributed by atoms with Crippen LogP contribution in [0.4, 0.5) is 0 Å². The van der Waals surface area contributed by atoms with Crippen LogP contribution in [0, 0.1) is 0 Å². The highest BCUT2D eigenvalue weighted by molar-refractivity contribution is 5.98. The molecule has 0 unspecified atom stereocenters. The molecule has 5 nitrogen and oxygen atoms in total. The van der Waals surface area contributed by atoms with E-state index >= 15 is 0 Å². The van der Waals surface area contributed by atoms with Gasteiger partial charge in [0.2, 0.25) is 0 Å². The van der Waals surface area contributed by atoms with Crippen molar-refractivity contribution in [1.29, 1.82) is 0 Å². The fraction of sp³-hybridized carbons (Fsp3) is 0.357. The zero-order valence-electron chi connectivity index (χ0n) is 11.1. The van der Waals surface area contributed by atoms with Crippen LogP contribution in [-0.4, -0.2) is 59.0 Å². The van der Waals surface area contributed by atoms with Crippen LogP contribution in [0.3, 0.4) is 0 Å². The minimum atomic E-state index is -0.00575. The quantitative estimate of drug-likeness (QED) is 0.853. The van der Waals surface area contributed by atoms with Crippen LogP contribution in [-0.2, 0) is 0 Å². The monoisotopic (exact) mass is 259 g/mol. The van der Waals surface area contributed by atoms with Crippen molar-refractivity contribution in [2.45, 2.75) is 6.04 Å². The fourth-order valence-corrected chi connectivity index (χ4v) is 2.50. The third-order valence-corrected chi connectivity index (χ3v) is 3.75. The normalized spacial score (nSPS) is 16.5. The molecular formula is C14H17N3O2. The van der Waals surface area contributed by atoms with Crippen molar-refractivity contribution in [3.05, 3.63) is 30.0 Å². The number of aromatic nitrogens is 1. The molecule has 1 aromatic heterocycles. The number of aromatic amines is 1. The molecule has 2 heterocycles. The van der Waals surface area contributed by atoms with Gasteiger partial charge in [-0.2, -0.15) is 0 Å². The minimum absolute atomic E-state index is 0.00575. The number of phenols is 1. The summed E-state index contributed by atoms with van der Waals surface area (Å²) in [5, 5.41) is 10.4. The van der Waals surface area contributed by atoms with Crippen molar-refractivity contribution in [3.63, 3.8) is 0 Å².